The van der Waals surface area contributed by atoms with Gasteiger partial charge in [0.25, 0.3) is 0 Å². The Balaban J connectivity index is 2.03. The Morgan fingerprint density at radius 1 is 1.47 bits per heavy atom. The lowest BCUT2D eigenvalue weighted by molar-refractivity contribution is 0.0642. The molecule has 2 nitrogen and oxygen atoms in total. The van der Waals surface area contributed by atoms with Gasteiger partial charge in [-0.15, -0.1) is 0 Å². The van der Waals surface area contributed by atoms with E-state index in [1.54, 1.807) is 11.8 Å². The Morgan fingerprint density at radius 2 is 2.26 bits per heavy atom. The molecule has 19 heavy (non-hydrogen) atoms. The van der Waals surface area contributed by atoms with Gasteiger partial charge >= 0.3 is 0 Å². The molecule has 1 saturated heterocycles. The van der Waals surface area contributed by atoms with Crippen LogP contribution in [-0.2, 0) is 0 Å². The van der Waals surface area contributed by atoms with Crippen LogP contribution in [0, 0.1) is 11.6 Å². The molecule has 0 radical (unpaired) electrons. The highest BCUT2D eigenvalue weighted by atomic mass is 32.2. The SMILES string of the molecule is CCC(NCC1(O)CCSC1)c1ccc(F)cc1F. The molecule has 0 aliphatic carbocycles. The van der Waals surface area contributed by atoms with Gasteiger partial charge in [-0.3, -0.25) is 0 Å². The minimum Gasteiger partial charge on any atom is -0.388 e. The quantitative estimate of drug-likeness (QED) is 0.873. The van der Waals surface area contributed by atoms with E-state index >= 15 is 0 Å². The zero-order valence-electron chi connectivity index (χ0n) is 11.0. The topological polar surface area (TPSA) is 32.3 Å². The maximum absolute atomic E-state index is 13.7. The van der Waals surface area contributed by atoms with Crippen LogP contribution in [0.25, 0.3) is 0 Å². The summed E-state index contributed by atoms with van der Waals surface area (Å²) >= 11 is 1.73. The molecule has 1 aromatic rings. The fraction of sp³-hybridized carbons (Fsp3) is 0.571. The average Bonchev–Trinajstić information content (AvgIpc) is 2.79. The van der Waals surface area contributed by atoms with Crippen LogP contribution >= 0.6 is 11.8 Å². The van der Waals surface area contributed by atoms with Gasteiger partial charge in [0.05, 0.1) is 5.60 Å². The minimum absolute atomic E-state index is 0.199. The summed E-state index contributed by atoms with van der Waals surface area (Å²) in [5.74, 6) is 0.566. The van der Waals surface area contributed by atoms with Crippen molar-refractivity contribution in [2.75, 3.05) is 18.1 Å². The van der Waals surface area contributed by atoms with Crippen molar-refractivity contribution < 1.29 is 13.9 Å². The lowest BCUT2D eigenvalue weighted by Crippen LogP contribution is -2.42. The third-order valence-corrected chi connectivity index (χ3v) is 4.74. The van der Waals surface area contributed by atoms with Crippen LogP contribution in [0.15, 0.2) is 18.2 Å². The largest absolute Gasteiger partial charge is 0.388 e. The van der Waals surface area contributed by atoms with Crippen LogP contribution in [-0.4, -0.2) is 28.8 Å². The van der Waals surface area contributed by atoms with Gasteiger partial charge in [0, 0.05) is 30.0 Å². The Bertz CT molecular complexity index is 435. The zero-order chi connectivity index (χ0) is 13.9. The molecule has 0 spiro atoms. The highest BCUT2D eigenvalue weighted by Gasteiger charge is 2.32. The van der Waals surface area contributed by atoms with Crippen molar-refractivity contribution in [1.82, 2.24) is 5.32 Å². The van der Waals surface area contributed by atoms with Gasteiger partial charge < -0.3 is 10.4 Å². The van der Waals surface area contributed by atoms with E-state index in [-0.39, 0.29) is 6.04 Å². The summed E-state index contributed by atoms with van der Waals surface area (Å²) in [6.45, 7) is 2.38. The molecule has 5 heteroatoms. The minimum atomic E-state index is -0.700. The second-order valence-electron chi connectivity index (χ2n) is 5.03. The molecule has 1 aliphatic heterocycles. The first-order chi connectivity index (χ1) is 9.04. The summed E-state index contributed by atoms with van der Waals surface area (Å²) in [4.78, 5) is 0. The lowest BCUT2D eigenvalue weighted by Gasteiger charge is -2.26. The van der Waals surface area contributed by atoms with Gasteiger partial charge in [-0.1, -0.05) is 13.0 Å². The number of nitrogens with one attached hydrogen (secondary N) is 1. The molecule has 2 unspecified atom stereocenters. The predicted octanol–water partition coefficient (Wildman–Crippen LogP) is 2.87. The monoisotopic (exact) mass is 287 g/mol. The molecule has 0 bridgehead atoms. The summed E-state index contributed by atoms with van der Waals surface area (Å²) < 4.78 is 26.6. The molecule has 2 N–H and O–H groups in total. The van der Waals surface area contributed by atoms with Crippen molar-refractivity contribution in [3.05, 3.63) is 35.4 Å². The second kappa shape index (κ2) is 6.20. The number of aliphatic hydroxyl groups is 1. The van der Waals surface area contributed by atoms with Crippen molar-refractivity contribution in [3.63, 3.8) is 0 Å². The highest BCUT2D eigenvalue weighted by molar-refractivity contribution is 7.99. The van der Waals surface area contributed by atoms with E-state index in [9.17, 15) is 13.9 Å². The van der Waals surface area contributed by atoms with E-state index < -0.39 is 17.2 Å². The van der Waals surface area contributed by atoms with Crippen molar-refractivity contribution in [2.24, 2.45) is 0 Å². The van der Waals surface area contributed by atoms with Gasteiger partial charge in [-0.05, 0) is 24.7 Å². The van der Waals surface area contributed by atoms with E-state index in [2.05, 4.69) is 5.32 Å². The predicted molar refractivity (Wildman–Crippen MR) is 74.3 cm³/mol. The summed E-state index contributed by atoms with van der Waals surface area (Å²) in [5, 5.41) is 13.5. The van der Waals surface area contributed by atoms with Gasteiger partial charge in [-0.2, -0.15) is 11.8 Å². The zero-order valence-corrected chi connectivity index (χ0v) is 11.8. The van der Waals surface area contributed by atoms with Gasteiger partial charge in [0.1, 0.15) is 11.6 Å². The maximum Gasteiger partial charge on any atom is 0.130 e. The van der Waals surface area contributed by atoms with Crippen molar-refractivity contribution >= 4 is 11.8 Å². The van der Waals surface area contributed by atoms with Gasteiger partial charge in [0.2, 0.25) is 0 Å². The molecule has 0 aromatic heterocycles. The summed E-state index contributed by atoms with van der Waals surface area (Å²) in [6, 6.07) is 3.44. The number of halogens is 2. The van der Waals surface area contributed by atoms with E-state index in [4.69, 9.17) is 0 Å². The van der Waals surface area contributed by atoms with Gasteiger partial charge in [-0.25, -0.2) is 8.78 Å². The average molecular weight is 287 g/mol. The summed E-state index contributed by atoms with van der Waals surface area (Å²) in [6.07, 6.45) is 1.44. The van der Waals surface area contributed by atoms with E-state index in [1.165, 1.54) is 12.1 Å². The highest BCUT2D eigenvalue weighted by Crippen LogP contribution is 2.28. The van der Waals surface area contributed by atoms with Crippen LogP contribution in [0.3, 0.4) is 0 Å². The first-order valence-electron chi connectivity index (χ1n) is 6.52. The van der Waals surface area contributed by atoms with Crippen LogP contribution < -0.4 is 5.32 Å². The number of benzene rings is 1. The summed E-state index contributed by atoms with van der Waals surface area (Å²) in [5.41, 5.74) is -0.243. The van der Waals surface area contributed by atoms with Crippen molar-refractivity contribution in [3.8, 4) is 0 Å². The smallest absolute Gasteiger partial charge is 0.130 e. The Hall–Kier alpha value is -0.650. The molecule has 1 fully saturated rings. The second-order valence-corrected chi connectivity index (χ2v) is 6.14. The third kappa shape index (κ3) is 3.68. The molecule has 1 heterocycles. The van der Waals surface area contributed by atoms with E-state index in [0.717, 1.165) is 18.2 Å². The van der Waals surface area contributed by atoms with E-state index in [0.29, 0.717) is 24.3 Å². The van der Waals surface area contributed by atoms with Crippen LogP contribution in [0.2, 0.25) is 0 Å². The summed E-state index contributed by atoms with van der Waals surface area (Å²) in [7, 11) is 0. The van der Waals surface area contributed by atoms with E-state index in [1.807, 2.05) is 6.92 Å². The molecule has 1 aliphatic rings. The molecule has 106 valence electrons. The molecule has 2 atom stereocenters. The molecule has 2 rings (SSSR count). The number of thioether (sulfide) groups is 1. The molecular formula is C14H19F2NOS. The van der Waals surface area contributed by atoms with Crippen LogP contribution in [0.5, 0.6) is 0 Å². The fourth-order valence-corrected chi connectivity index (χ4v) is 3.60. The first kappa shape index (κ1) is 14.8. The third-order valence-electron chi connectivity index (χ3n) is 3.51. The molecule has 1 aromatic carbocycles. The molecule has 0 saturated carbocycles. The number of hydrogen-bond acceptors (Lipinski definition) is 3. The maximum atomic E-state index is 13.7. The number of rotatable bonds is 5. The Labute approximate surface area is 116 Å². The van der Waals surface area contributed by atoms with Crippen LogP contribution in [0.1, 0.15) is 31.4 Å². The van der Waals surface area contributed by atoms with Crippen molar-refractivity contribution in [1.29, 1.82) is 0 Å². The van der Waals surface area contributed by atoms with Crippen molar-refractivity contribution in [2.45, 2.75) is 31.4 Å². The Kier molecular flexibility index (Phi) is 4.81. The van der Waals surface area contributed by atoms with Crippen LogP contribution in [0.4, 0.5) is 8.78 Å². The Morgan fingerprint density at radius 3 is 2.84 bits per heavy atom. The normalized spacial score (nSPS) is 24.6. The standard InChI is InChI=1S/C14H19F2NOS/c1-2-13(11-4-3-10(15)7-12(11)16)17-8-14(18)5-6-19-9-14/h3-4,7,13,17-18H,2,5-6,8-9H2,1H3. The van der Waals surface area contributed by atoms with Gasteiger partial charge in [0.15, 0.2) is 0 Å². The lowest BCUT2D eigenvalue weighted by atomic mass is 10.00. The molecule has 0 amide bonds. The molecular weight excluding hydrogens is 268 g/mol. The number of hydrogen-bond donors (Lipinski definition) is 2. The fourth-order valence-electron chi connectivity index (χ4n) is 2.31. The first-order valence-corrected chi connectivity index (χ1v) is 7.68.